The van der Waals surface area contributed by atoms with Crippen LogP contribution in [0, 0.1) is 0 Å². The van der Waals surface area contributed by atoms with Crippen LogP contribution in [-0.2, 0) is 12.0 Å². The molecular weight excluding hydrogens is 386 g/mol. The number of hydrogen-bond donors (Lipinski definition) is 3. The Hall–Kier alpha value is -2.31. The SMILES string of the molecule is CCNC(=NCC1(O)CCc2ccccc21)NC1CCN(c2ncccc2Cl)C1. The molecule has 1 saturated heterocycles. The van der Waals surface area contributed by atoms with Gasteiger partial charge in [0.15, 0.2) is 5.96 Å². The third-order valence-electron chi connectivity index (χ3n) is 5.74. The summed E-state index contributed by atoms with van der Waals surface area (Å²) < 4.78 is 0. The quantitative estimate of drug-likeness (QED) is 0.519. The number of rotatable bonds is 5. The Balaban J connectivity index is 1.42. The van der Waals surface area contributed by atoms with Gasteiger partial charge in [0.1, 0.15) is 11.4 Å². The fraction of sp³-hybridized carbons (Fsp3) is 0.455. The van der Waals surface area contributed by atoms with Crippen molar-refractivity contribution < 1.29 is 5.11 Å². The first-order valence-corrected chi connectivity index (χ1v) is 10.7. The van der Waals surface area contributed by atoms with Crippen molar-refractivity contribution in [2.45, 2.75) is 37.8 Å². The maximum atomic E-state index is 11.1. The minimum Gasteiger partial charge on any atom is -0.383 e. The Kier molecular flexibility index (Phi) is 5.92. The monoisotopic (exact) mass is 413 g/mol. The number of halogens is 1. The third kappa shape index (κ3) is 4.33. The summed E-state index contributed by atoms with van der Waals surface area (Å²) in [7, 11) is 0. The van der Waals surface area contributed by atoms with Gasteiger partial charge < -0.3 is 20.6 Å². The largest absolute Gasteiger partial charge is 0.383 e. The van der Waals surface area contributed by atoms with Gasteiger partial charge >= 0.3 is 0 Å². The number of benzene rings is 1. The Morgan fingerprint density at radius 3 is 3.03 bits per heavy atom. The van der Waals surface area contributed by atoms with E-state index in [0.717, 1.165) is 49.8 Å². The molecule has 2 unspecified atom stereocenters. The first kappa shape index (κ1) is 20.0. The van der Waals surface area contributed by atoms with Gasteiger partial charge in [-0.15, -0.1) is 0 Å². The van der Waals surface area contributed by atoms with E-state index in [4.69, 9.17) is 16.6 Å². The highest BCUT2D eigenvalue weighted by Gasteiger charge is 2.36. The van der Waals surface area contributed by atoms with Gasteiger partial charge in [-0.3, -0.25) is 0 Å². The molecule has 2 aliphatic rings. The van der Waals surface area contributed by atoms with Crippen LogP contribution >= 0.6 is 11.6 Å². The van der Waals surface area contributed by atoms with Gasteiger partial charge in [-0.1, -0.05) is 35.9 Å². The number of nitrogens with one attached hydrogen (secondary N) is 2. The number of pyridine rings is 1. The molecule has 1 aromatic heterocycles. The van der Waals surface area contributed by atoms with Crippen LogP contribution in [0.25, 0.3) is 0 Å². The van der Waals surface area contributed by atoms with Gasteiger partial charge in [0.2, 0.25) is 0 Å². The number of aliphatic hydroxyl groups is 1. The first-order chi connectivity index (χ1) is 14.1. The van der Waals surface area contributed by atoms with Crippen LogP contribution in [0.2, 0.25) is 5.02 Å². The second-order valence-corrected chi connectivity index (χ2v) is 8.18. The van der Waals surface area contributed by atoms with Crippen molar-refractivity contribution in [3.63, 3.8) is 0 Å². The standard InChI is InChI=1S/C22H28ClN5O/c1-2-24-21(26-15-22(29)11-9-16-6-3-4-7-18(16)22)27-17-10-13-28(14-17)20-19(23)8-5-12-25-20/h3-8,12,17,29H,2,9-11,13-15H2,1H3,(H2,24,26,27). The molecule has 6 nitrogen and oxygen atoms in total. The Morgan fingerprint density at radius 2 is 2.21 bits per heavy atom. The molecule has 1 aliphatic carbocycles. The molecule has 2 aromatic rings. The smallest absolute Gasteiger partial charge is 0.191 e. The molecule has 0 saturated carbocycles. The van der Waals surface area contributed by atoms with Crippen molar-refractivity contribution >= 4 is 23.4 Å². The molecule has 7 heteroatoms. The van der Waals surface area contributed by atoms with Gasteiger partial charge in [-0.25, -0.2) is 9.98 Å². The summed E-state index contributed by atoms with van der Waals surface area (Å²) in [5.41, 5.74) is 1.35. The minimum absolute atomic E-state index is 0.247. The van der Waals surface area contributed by atoms with Crippen LogP contribution in [0.15, 0.2) is 47.6 Å². The normalized spacial score (nSPS) is 23.9. The first-order valence-electron chi connectivity index (χ1n) is 10.3. The van der Waals surface area contributed by atoms with Crippen LogP contribution < -0.4 is 15.5 Å². The lowest BCUT2D eigenvalue weighted by atomic mass is 9.96. The molecule has 0 bridgehead atoms. The van der Waals surface area contributed by atoms with E-state index in [-0.39, 0.29) is 6.04 Å². The van der Waals surface area contributed by atoms with Crippen LogP contribution in [0.4, 0.5) is 5.82 Å². The van der Waals surface area contributed by atoms with E-state index in [1.165, 1.54) is 5.56 Å². The van der Waals surface area contributed by atoms with Crippen molar-refractivity contribution in [2.75, 3.05) is 31.1 Å². The lowest BCUT2D eigenvalue weighted by molar-refractivity contribution is 0.0485. The van der Waals surface area contributed by atoms with Crippen molar-refractivity contribution in [1.82, 2.24) is 15.6 Å². The molecule has 3 N–H and O–H groups in total. The zero-order valence-electron chi connectivity index (χ0n) is 16.7. The van der Waals surface area contributed by atoms with Gasteiger partial charge in [-0.2, -0.15) is 0 Å². The maximum Gasteiger partial charge on any atom is 0.191 e. The molecule has 1 aromatic carbocycles. The molecule has 29 heavy (non-hydrogen) atoms. The Morgan fingerprint density at radius 1 is 1.34 bits per heavy atom. The molecule has 1 fully saturated rings. The number of anilines is 1. The van der Waals surface area contributed by atoms with Gasteiger partial charge in [-0.05, 0) is 49.4 Å². The van der Waals surface area contributed by atoms with Crippen LogP contribution in [0.3, 0.4) is 0 Å². The molecule has 0 amide bonds. The number of fused-ring (bicyclic) bond motifs is 1. The topological polar surface area (TPSA) is 72.8 Å². The summed E-state index contributed by atoms with van der Waals surface area (Å²) in [5.74, 6) is 1.57. The average molecular weight is 414 g/mol. The van der Waals surface area contributed by atoms with Gasteiger partial charge in [0.05, 0.1) is 11.6 Å². The van der Waals surface area contributed by atoms with Gasteiger partial charge in [0, 0.05) is 31.9 Å². The van der Waals surface area contributed by atoms with Crippen LogP contribution in [0.5, 0.6) is 0 Å². The second-order valence-electron chi connectivity index (χ2n) is 7.77. The number of hydrogen-bond acceptors (Lipinski definition) is 4. The predicted octanol–water partition coefficient (Wildman–Crippen LogP) is 2.70. The summed E-state index contributed by atoms with van der Waals surface area (Å²) in [6, 6.07) is 12.1. The Labute approximate surface area is 177 Å². The minimum atomic E-state index is -0.887. The molecule has 1 aliphatic heterocycles. The lowest BCUT2D eigenvalue weighted by Crippen LogP contribution is -2.45. The third-order valence-corrected chi connectivity index (χ3v) is 6.03. The number of aliphatic imine (C=N–C) groups is 1. The fourth-order valence-corrected chi connectivity index (χ4v) is 4.48. The van der Waals surface area contributed by atoms with E-state index in [1.807, 2.05) is 37.3 Å². The van der Waals surface area contributed by atoms with Crippen molar-refractivity contribution in [1.29, 1.82) is 0 Å². The average Bonchev–Trinajstić information content (AvgIpc) is 3.32. The molecule has 0 spiro atoms. The highest BCUT2D eigenvalue weighted by atomic mass is 35.5. The molecular formula is C22H28ClN5O. The summed E-state index contributed by atoms with van der Waals surface area (Å²) in [5, 5.41) is 18.7. The van der Waals surface area contributed by atoms with Crippen LogP contribution in [-0.4, -0.2) is 48.3 Å². The number of aromatic nitrogens is 1. The van der Waals surface area contributed by atoms with Crippen molar-refractivity contribution in [2.24, 2.45) is 4.99 Å². The molecule has 154 valence electrons. The second kappa shape index (κ2) is 8.59. The molecule has 0 radical (unpaired) electrons. The van der Waals surface area contributed by atoms with E-state index >= 15 is 0 Å². The summed E-state index contributed by atoms with van der Waals surface area (Å²) >= 11 is 6.30. The summed E-state index contributed by atoms with van der Waals surface area (Å²) in [4.78, 5) is 11.3. The number of nitrogens with zero attached hydrogens (tertiary/aromatic N) is 3. The zero-order chi connectivity index (χ0) is 20.3. The summed E-state index contributed by atoms with van der Waals surface area (Å²) in [6.07, 6.45) is 4.36. The zero-order valence-corrected chi connectivity index (χ0v) is 17.5. The van der Waals surface area contributed by atoms with E-state index < -0.39 is 5.60 Å². The van der Waals surface area contributed by atoms with E-state index in [9.17, 15) is 5.11 Å². The highest BCUT2D eigenvalue weighted by Crippen LogP contribution is 2.36. The number of guanidine groups is 1. The van der Waals surface area contributed by atoms with Crippen molar-refractivity contribution in [3.8, 4) is 0 Å². The van der Waals surface area contributed by atoms with Crippen molar-refractivity contribution in [3.05, 3.63) is 58.7 Å². The van der Waals surface area contributed by atoms with E-state index in [1.54, 1.807) is 6.20 Å². The summed E-state index contributed by atoms with van der Waals surface area (Å²) in [6.45, 7) is 4.87. The number of aryl methyl sites for hydroxylation is 1. The van der Waals surface area contributed by atoms with Crippen LogP contribution in [0.1, 0.15) is 30.9 Å². The molecule has 2 heterocycles. The molecule has 2 atom stereocenters. The molecule has 4 rings (SSSR count). The predicted molar refractivity (Wildman–Crippen MR) is 118 cm³/mol. The highest BCUT2D eigenvalue weighted by molar-refractivity contribution is 6.32. The van der Waals surface area contributed by atoms with E-state index in [2.05, 4.69) is 26.6 Å². The maximum absolute atomic E-state index is 11.1. The fourth-order valence-electron chi connectivity index (χ4n) is 4.24. The Bertz CT molecular complexity index is 889. The van der Waals surface area contributed by atoms with Gasteiger partial charge in [0.25, 0.3) is 0 Å². The van der Waals surface area contributed by atoms with E-state index in [0.29, 0.717) is 18.0 Å². The lowest BCUT2D eigenvalue weighted by Gasteiger charge is -2.24.